The van der Waals surface area contributed by atoms with Gasteiger partial charge in [-0.25, -0.2) is 0 Å². The van der Waals surface area contributed by atoms with Gasteiger partial charge in [0.05, 0.1) is 31.2 Å². The van der Waals surface area contributed by atoms with E-state index in [1.54, 1.807) is 32.5 Å². The second kappa shape index (κ2) is 8.45. The van der Waals surface area contributed by atoms with Crippen molar-refractivity contribution in [2.24, 2.45) is 11.8 Å². The summed E-state index contributed by atoms with van der Waals surface area (Å²) in [5.41, 5.74) is 2.00. The predicted octanol–water partition coefficient (Wildman–Crippen LogP) is 3.58. The van der Waals surface area contributed by atoms with Crippen LogP contribution < -0.4 is 14.9 Å². The summed E-state index contributed by atoms with van der Waals surface area (Å²) in [6, 6.07) is 4.19. The van der Waals surface area contributed by atoms with E-state index >= 15 is 0 Å². The molecule has 7 heteroatoms. The molecule has 4 aliphatic rings. The summed E-state index contributed by atoms with van der Waals surface area (Å²) in [7, 11) is 3.11. The van der Waals surface area contributed by atoms with Crippen LogP contribution in [0, 0.1) is 11.8 Å². The second-order valence-electron chi connectivity index (χ2n) is 10.3. The van der Waals surface area contributed by atoms with Gasteiger partial charge in [-0.3, -0.25) is 14.5 Å². The molecule has 3 aliphatic heterocycles. The van der Waals surface area contributed by atoms with Crippen LogP contribution in [0.25, 0.3) is 10.9 Å². The number of carbonyl (C=O) groups is 1. The van der Waals surface area contributed by atoms with Gasteiger partial charge in [-0.05, 0) is 56.6 Å². The van der Waals surface area contributed by atoms with E-state index in [4.69, 9.17) is 9.47 Å². The third-order valence-electron chi connectivity index (χ3n) is 8.53. The van der Waals surface area contributed by atoms with Gasteiger partial charge in [-0.2, -0.15) is 0 Å². The average molecular weight is 464 g/mol. The van der Waals surface area contributed by atoms with Crippen molar-refractivity contribution in [3.05, 3.63) is 45.8 Å². The van der Waals surface area contributed by atoms with E-state index in [-0.39, 0.29) is 22.9 Å². The molecule has 1 aromatic heterocycles. The zero-order valence-electron chi connectivity index (χ0n) is 20.0. The minimum Gasteiger partial charge on any atom is -0.493 e. The summed E-state index contributed by atoms with van der Waals surface area (Å²) in [5.74, 6) is 1.93. The number of fused-ring (bicyclic) bond motifs is 7. The van der Waals surface area contributed by atoms with Crippen molar-refractivity contribution in [1.29, 1.82) is 0 Å². The fraction of sp³-hybridized carbons (Fsp3) is 0.556. The summed E-state index contributed by atoms with van der Waals surface area (Å²) < 4.78 is 10.7. The van der Waals surface area contributed by atoms with Crippen LogP contribution in [-0.2, 0) is 0 Å². The van der Waals surface area contributed by atoms with Crippen molar-refractivity contribution in [1.82, 2.24) is 14.8 Å². The Morgan fingerprint density at radius 3 is 2.74 bits per heavy atom. The molecule has 4 heterocycles. The van der Waals surface area contributed by atoms with Gasteiger partial charge in [-0.1, -0.05) is 18.1 Å². The number of carbonyl (C=O) groups excluding carboxylic acids is 1. The first kappa shape index (κ1) is 21.7. The van der Waals surface area contributed by atoms with Gasteiger partial charge < -0.3 is 19.4 Å². The molecule has 2 bridgehead atoms. The van der Waals surface area contributed by atoms with E-state index in [9.17, 15) is 9.59 Å². The number of amides is 1. The fourth-order valence-corrected chi connectivity index (χ4v) is 7.06. The summed E-state index contributed by atoms with van der Waals surface area (Å²) in [5, 5.41) is 0.439. The van der Waals surface area contributed by atoms with Crippen LogP contribution in [0.3, 0.4) is 0 Å². The molecule has 0 spiro atoms. The SMILES string of the molecule is COc1cc2[nH]cc(C(=O)N3CCCC4=CC5CC(CN6CCCCC56)C43)c(=O)c2cc1OC. The Hall–Kier alpha value is -2.80. The molecule has 2 aromatic rings. The molecule has 0 saturated carbocycles. The van der Waals surface area contributed by atoms with E-state index < -0.39 is 0 Å². The lowest BCUT2D eigenvalue weighted by molar-refractivity contribution is 0.00143. The number of nitrogens with one attached hydrogen (secondary N) is 1. The molecule has 1 amide bonds. The van der Waals surface area contributed by atoms with Crippen molar-refractivity contribution in [2.45, 2.75) is 50.6 Å². The maximum Gasteiger partial charge on any atom is 0.259 e. The molecule has 1 aliphatic carbocycles. The van der Waals surface area contributed by atoms with Crippen LogP contribution in [0.1, 0.15) is 48.9 Å². The van der Waals surface area contributed by atoms with Crippen LogP contribution in [0.5, 0.6) is 11.5 Å². The lowest BCUT2D eigenvalue weighted by Gasteiger charge is -2.54. The number of likely N-dealkylation sites (tertiary alicyclic amines) is 1. The Kier molecular flexibility index (Phi) is 5.40. The third-order valence-corrected chi connectivity index (χ3v) is 8.53. The number of aromatic amines is 1. The van der Waals surface area contributed by atoms with Crippen LogP contribution in [0.15, 0.2) is 34.8 Å². The van der Waals surface area contributed by atoms with Crippen molar-refractivity contribution in [3.63, 3.8) is 0 Å². The topological polar surface area (TPSA) is 74.9 Å². The molecule has 6 rings (SSSR count). The highest BCUT2D eigenvalue weighted by Gasteiger charge is 2.47. The average Bonchev–Trinajstić information content (AvgIpc) is 2.87. The number of nitrogens with zero attached hydrogens (tertiary/aromatic N) is 2. The Bertz CT molecular complexity index is 1220. The number of hydrogen-bond donors (Lipinski definition) is 1. The first-order valence-corrected chi connectivity index (χ1v) is 12.6. The highest BCUT2D eigenvalue weighted by Crippen LogP contribution is 2.45. The maximum absolute atomic E-state index is 13.8. The van der Waals surface area contributed by atoms with Gasteiger partial charge in [0.25, 0.3) is 5.91 Å². The molecule has 3 saturated heterocycles. The number of H-pyrrole nitrogens is 1. The van der Waals surface area contributed by atoms with Crippen LogP contribution >= 0.6 is 0 Å². The zero-order valence-corrected chi connectivity index (χ0v) is 20.0. The van der Waals surface area contributed by atoms with Gasteiger partial charge in [0.2, 0.25) is 5.43 Å². The third kappa shape index (κ3) is 3.35. The van der Waals surface area contributed by atoms with E-state index in [2.05, 4.69) is 16.0 Å². The highest BCUT2D eigenvalue weighted by atomic mass is 16.5. The number of ether oxygens (including phenoxy) is 2. The standard InChI is InChI=1S/C27H33N3O4/c1-33-23-12-19-21(13-24(23)34-2)28-14-20(26(19)31)27(32)30-9-5-6-16-10-17-11-18(25(16)30)15-29-8-4-3-7-22(17)29/h10,12-14,17-18,22,25H,3-9,11,15H2,1-2H3,(H,28,31). The maximum atomic E-state index is 13.8. The Morgan fingerprint density at radius 2 is 1.91 bits per heavy atom. The lowest BCUT2D eigenvalue weighted by Crippen LogP contribution is -2.60. The Morgan fingerprint density at radius 1 is 1.09 bits per heavy atom. The fourth-order valence-electron chi connectivity index (χ4n) is 7.06. The highest BCUT2D eigenvalue weighted by molar-refractivity contribution is 5.98. The molecule has 1 N–H and O–H groups in total. The van der Waals surface area contributed by atoms with E-state index in [0.717, 1.165) is 25.8 Å². The number of aromatic nitrogens is 1. The minimum atomic E-state index is -0.260. The van der Waals surface area contributed by atoms with Gasteiger partial charge in [-0.15, -0.1) is 0 Å². The van der Waals surface area contributed by atoms with Gasteiger partial charge in [0.15, 0.2) is 11.5 Å². The van der Waals surface area contributed by atoms with Crippen LogP contribution in [0.4, 0.5) is 0 Å². The normalized spacial score (nSPS) is 28.6. The summed E-state index contributed by atoms with van der Waals surface area (Å²) >= 11 is 0. The first-order chi connectivity index (χ1) is 16.6. The minimum absolute atomic E-state index is 0.112. The number of piperidine rings is 3. The van der Waals surface area contributed by atoms with Gasteiger partial charge in [0.1, 0.15) is 5.56 Å². The Labute approximate surface area is 199 Å². The molecule has 1 aromatic carbocycles. The number of rotatable bonds is 3. The molecule has 4 atom stereocenters. The van der Waals surface area contributed by atoms with E-state index in [0.29, 0.717) is 46.8 Å². The quantitative estimate of drug-likeness (QED) is 0.705. The largest absolute Gasteiger partial charge is 0.493 e. The monoisotopic (exact) mass is 463 g/mol. The molecule has 34 heavy (non-hydrogen) atoms. The molecule has 4 unspecified atom stereocenters. The lowest BCUT2D eigenvalue weighted by atomic mass is 9.68. The number of benzene rings is 1. The summed E-state index contributed by atoms with van der Waals surface area (Å²) in [4.78, 5) is 35.1. The second-order valence-corrected chi connectivity index (χ2v) is 10.3. The van der Waals surface area contributed by atoms with Crippen molar-refractivity contribution >= 4 is 16.8 Å². The number of hydrogen-bond acceptors (Lipinski definition) is 5. The first-order valence-electron chi connectivity index (χ1n) is 12.6. The van der Waals surface area contributed by atoms with Gasteiger partial charge in [0, 0.05) is 31.4 Å². The zero-order chi connectivity index (χ0) is 23.4. The van der Waals surface area contributed by atoms with E-state index in [1.807, 2.05) is 4.90 Å². The van der Waals surface area contributed by atoms with Crippen molar-refractivity contribution in [3.8, 4) is 11.5 Å². The summed E-state index contributed by atoms with van der Waals surface area (Å²) in [6.45, 7) is 2.95. The number of methoxy groups -OCH3 is 2. The molecular weight excluding hydrogens is 430 g/mol. The van der Waals surface area contributed by atoms with E-state index in [1.165, 1.54) is 31.4 Å². The molecule has 3 fully saturated rings. The van der Waals surface area contributed by atoms with Crippen LogP contribution in [-0.4, -0.2) is 66.6 Å². The smallest absolute Gasteiger partial charge is 0.259 e. The Balaban J connectivity index is 1.36. The molecular formula is C27H33N3O4. The summed E-state index contributed by atoms with van der Waals surface area (Å²) in [6.07, 6.45) is 11.2. The van der Waals surface area contributed by atoms with Crippen molar-refractivity contribution in [2.75, 3.05) is 33.9 Å². The number of pyridine rings is 1. The van der Waals surface area contributed by atoms with Crippen molar-refractivity contribution < 1.29 is 14.3 Å². The molecule has 0 radical (unpaired) electrons. The predicted molar refractivity (Wildman–Crippen MR) is 131 cm³/mol. The molecule has 180 valence electrons. The van der Waals surface area contributed by atoms with Gasteiger partial charge >= 0.3 is 0 Å². The van der Waals surface area contributed by atoms with Crippen LogP contribution in [0.2, 0.25) is 0 Å². The molecule has 7 nitrogen and oxygen atoms in total.